The zero-order chi connectivity index (χ0) is 21.2. The number of hydrogen-bond acceptors (Lipinski definition) is 3. The molecule has 154 valence electrons. The molecule has 0 saturated heterocycles. The maximum absolute atomic E-state index is 12.1. The number of fused-ring (bicyclic) bond motifs is 1. The molecule has 1 N–H and O–H groups in total. The lowest BCUT2D eigenvalue weighted by Gasteiger charge is -2.42. The molecule has 0 atom stereocenters. The lowest BCUT2D eigenvalue weighted by atomic mass is 9.63. The summed E-state index contributed by atoms with van der Waals surface area (Å²) in [5.74, 6) is -0.343. The van der Waals surface area contributed by atoms with Crippen LogP contribution in [0.3, 0.4) is 0 Å². The Morgan fingerprint density at radius 2 is 1.66 bits per heavy atom. The monoisotopic (exact) mass is 392 g/mol. The first-order valence-electron chi connectivity index (χ1n) is 10.4. The molecule has 3 nitrogen and oxygen atoms in total. The van der Waals surface area contributed by atoms with Gasteiger partial charge in [-0.1, -0.05) is 58.0 Å². The molecule has 0 amide bonds. The van der Waals surface area contributed by atoms with Crippen LogP contribution in [0.4, 0.5) is 0 Å². The first-order chi connectivity index (χ1) is 13.7. The van der Waals surface area contributed by atoms with E-state index in [0.29, 0.717) is 12.2 Å². The minimum atomic E-state index is -0.343. The van der Waals surface area contributed by atoms with Gasteiger partial charge in [0, 0.05) is 0 Å². The molecule has 0 radical (unpaired) electrons. The first kappa shape index (κ1) is 21.3. The Labute approximate surface area is 174 Å². The lowest BCUT2D eigenvalue weighted by molar-refractivity contribution is 0.0526. The van der Waals surface area contributed by atoms with Crippen molar-refractivity contribution in [1.82, 2.24) is 0 Å². The van der Waals surface area contributed by atoms with Gasteiger partial charge >= 0.3 is 5.97 Å². The second kappa shape index (κ2) is 8.16. The summed E-state index contributed by atoms with van der Waals surface area (Å²) in [6, 6.07) is 13.9. The number of rotatable bonds is 5. The van der Waals surface area contributed by atoms with Crippen LogP contribution in [0.2, 0.25) is 0 Å². The zero-order valence-corrected chi connectivity index (χ0v) is 18.2. The van der Waals surface area contributed by atoms with Crippen LogP contribution in [-0.4, -0.2) is 24.3 Å². The van der Waals surface area contributed by atoms with Gasteiger partial charge in [-0.25, -0.2) is 4.79 Å². The van der Waals surface area contributed by atoms with Crippen molar-refractivity contribution in [2.24, 2.45) is 0 Å². The predicted molar refractivity (Wildman–Crippen MR) is 119 cm³/mol. The summed E-state index contributed by atoms with van der Waals surface area (Å²) in [5, 5.41) is 10.0. The highest BCUT2D eigenvalue weighted by Gasteiger charge is 2.36. The topological polar surface area (TPSA) is 46.5 Å². The minimum absolute atomic E-state index is 0.0990. The SMILES string of the molecule is CCOC(=O)c1cccc(/C(=C/c2ccc3c(c2)C(C)(C)CCC3(C)C)CO)c1. The van der Waals surface area contributed by atoms with Crippen molar-refractivity contribution >= 4 is 17.6 Å². The largest absolute Gasteiger partial charge is 0.462 e. The Balaban J connectivity index is 2.01. The van der Waals surface area contributed by atoms with Gasteiger partial charge < -0.3 is 9.84 Å². The van der Waals surface area contributed by atoms with Gasteiger partial charge in [-0.2, -0.15) is 0 Å². The molecule has 0 saturated carbocycles. The van der Waals surface area contributed by atoms with Crippen LogP contribution in [0.15, 0.2) is 42.5 Å². The second-order valence-electron chi connectivity index (χ2n) is 9.20. The number of aliphatic hydroxyl groups is 1. The van der Waals surface area contributed by atoms with E-state index in [0.717, 1.165) is 23.1 Å². The van der Waals surface area contributed by atoms with Gasteiger partial charge in [0.25, 0.3) is 0 Å². The van der Waals surface area contributed by atoms with Crippen LogP contribution in [0.1, 0.15) is 80.1 Å². The minimum Gasteiger partial charge on any atom is -0.462 e. The number of carbonyl (C=O) groups is 1. The summed E-state index contributed by atoms with van der Waals surface area (Å²) in [6.45, 7) is 11.3. The quantitative estimate of drug-likeness (QED) is 0.521. The van der Waals surface area contributed by atoms with Gasteiger partial charge in [-0.15, -0.1) is 0 Å². The number of ether oxygens (including phenoxy) is 1. The van der Waals surface area contributed by atoms with Crippen LogP contribution in [0, 0.1) is 0 Å². The van der Waals surface area contributed by atoms with Crippen molar-refractivity contribution in [2.45, 2.75) is 58.3 Å². The van der Waals surface area contributed by atoms with E-state index >= 15 is 0 Å². The van der Waals surface area contributed by atoms with Crippen LogP contribution < -0.4 is 0 Å². The van der Waals surface area contributed by atoms with Crippen LogP contribution >= 0.6 is 0 Å². The smallest absolute Gasteiger partial charge is 0.338 e. The van der Waals surface area contributed by atoms with E-state index < -0.39 is 0 Å². The molecule has 1 aliphatic carbocycles. The van der Waals surface area contributed by atoms with Crippen molar-refractivity contribution in [1.29, 1.82) is 0 Å². The Hall–Kier alpha value is -2.39. The highest BCUT2D eigenvalue weighted by atomic mass is 16.5. The molecule has 2 aromatic rings. The fourth-order valence-electron chi connectivity index (χ4n) is 4.18. The first-order valence-corrected chi connectivity index (χ1v) is 10.4. The van der Waals surface area contributed by atoms with E-state index in [4.69, 9.17) is 4.74 Å². The van der Waals surface area contributed by atoms with Crippen LogP contribution in [-0.2, 0) is 15.6 Å². The van der Waals surface area contributed by atoms with Gasteiger partial charge in [-0.3, -0.25) is 0 Å². The van der Waals surface area contributed by atoms with Gasteiger partial charge in [0.1, 0.15) is 0 Å². The normalized spacial score (nSPS) is 17.5. The van der Waals surface area contributed by atoms with Crippen LogP contribution in [0.25, 0.3) is 11.6 Å². The summed E-state index contributed by atoms with van der Waals surface area (Å²) < 4.78 is 5.10. The highest BCUT2D eigenvalue weighted by Crippen LogP contribution is 2.46. The molecule has 0 bridgehead atoms. The second-order valence-corrected chi connectivity index (χ2v) is 9.20. The summed E-state index contributed by atoms with van der Waals surface area (Å²) in [6.07, 6.45) is 4.36. The van der Waals surface area contributed by atoms with Crippen molar-refractivity contribution in [3.05, 3.63) is 70.3 Å². The highest BCUT2D eigenvalue weighted by molar-refractivity contribution is 5.92. The van der Waals surface area contributed by atoms with Crippen LogP contribution in [0.5, 0.6) is 0 Å². The molecule has 0 fully saturated rings. The average molecular weight is 393 g/mol. The molecule has 1 aliphatic rings. The van der Waals surface area contributed by atoms with E-state index in [2.05, 4.69) is 45.9 Å². The maximum Gasteiger partial charge on any atom is 0.338 e. The molecule has 0 aromatic heterocycles. The molecule has 2 aromatic carbocycles. The average Bonchev–Trinajstić information content (AvgIpc) is 2.70. The standard InChI is InChI=1S/C26H32O3/c1-6-29-24(28)20-9-7-8-19(16-20)21(17-27)14-18-10-11-22-23(15-18)26(4,5)13-12-25(22,2)3/h7-11,14-16,27H,6,12-13,17H2,1-5H3/b21-14+. The molecular weight excluding hydrogens is 360 g/mol. The summed E-state index contributed by atoms with van der Waals surface area (Å²) >= 11 is 0. The molecular formula is C26H32O3. The number of esters is 1. The number of benzene rings is 2. The summed E-state index contributed by atoms with van der Waals surface area (Å²) in [7, 11) is 0. The summed E-state index contributed by atoms with van der Waals surface area (Å²) in [5.41, 5.74) is 6.30. The molecule has 0 spiro atoms. The predicted octanol–water partition coefficient (Wildman–Crippen LogP) is 5.75. The lowest BCUT2D eigenvalue weighted by Crippen LogP contribution is -2.33. The van der Waals surface area contributed by atoms with Crippen molar-refractivity contribution in [2.75, 3.05) is 13.2 Å². The third kappa shape index (κ3) is 4.45. The summed E-state index contributed by atoms with van der Waals surface area (Å²) in [4.78, 5) is 12.1. The molecule has 0 heterocycles. The fraction of sp³-hybridized carbons (Fsp3) is 0.423. The van der Waals surface area contributed by atoms with E-state index in [1.54, 1.807) is 19.1 Å². The Morgan fingerprint density at radius 3 is 2.31 bits per heavy atom. The van der Waals surface area contributed by atoms with E-state index in [1.807, 2.05) is 18.2 Å². The van der Waals surface area contributed by atoms with E-state index in [9.17, 15) is 9.90 Å². The van der Waals surface area contributed by atoms with E-state index in [1.165, 1.54) is 17.5 Å². The van der Waals surface area contributed by atoms with Crippen molar-refractivity contribution in [3.63, 3.8) is 0 Å². The molecule has 3 heteroatoms. The van der Waals surface area contributed by atoms with Crippen molar-refractivity contribution < 1.29 is 14.6 Å². The molecule has 0 aliphatic heterocycles. The van der Waals surface area contributed by atoms with Gasteiger partial charge in [0.15, 0.2) is 0 Å². The molecule has 3 rings (SSSR count). The van der Waals surface area contributed by atoms with Crippen molar-refractivity contribution in [3.8, 4) is 0 Å². The molecule has 29 heavy (non-hydrogen) atoms. The Morgan fingerprint density at radius 1 is 1.00 bits per heavy atom. The van der Waals surface area contributed by atoms with Gasteiger partial charge in [0.2, 0.25) is 0 Å². The zero-order valence-electron chi connectivity index (χ0n) is 18.2. The Bertz CT molecular complexity index is 935. The van der Waals surface area contributed by atoms with Gasteiger partial charge in [0.05, 0.1) is 18.8 Å². The third-order valence-electron chi connectivity index (χ3n) is 6.13. The Kier molecular flexibility index (Phi) is 6.00. The number of hydrogen-bond donors (Lipinski definition) is 1. The molecule has 0 unspecified atom stereocenters. The van der Waals surface area contributed by atoms with Gasteiger partial charge in [-0.05, 0) is 76.6 Å². The van der Waals surface area contributed by atoms with E-state index in [-0.39, 0.29) is 23.4 Å². The number of aliphatic hydroxyl groups excluding tert-OH is 1. The third-order valence-corrected chi connectivity index (χ3v) is 6.13. The maximum atomic E-state index is 12.1. The fourth-order valence-corrected chi connectivity index (χ4v) is 4.18. The number of carbonyl (C=O) groups excluding carboxylic acids is 1.